The van der Waals surface area contributed by atoms with Crippen LogP contribution in [0.1, 0.15) is 41.6 Å². The molecule has 0 fully saturated rings. The van der Waals surface area contributed by atoms with Gasteiger partial charge in [-0.25, -0.2) is 4.79 Å². The van der Waals surface area contributed by atoms with Crippen molar-refractivity contribution in [1.29, 1.82) is 0 Å². The smallest absolute Gasteiger partial charge is 0.335 e. The Morgan fingerprint density at radius 2 is 1.94 bits per heavy atom. The summed E-state index contributed by atoms with van der Waals surface area (Å²) < 4.78 is 0. The Kier molecular flexibility index (Phi) is 4.47. The number of carbonyl (C=O) groups is 2. The molecule has 1 unspecified atom stereocenters. The Morgan fingerprint density at radius 1 is 1.35 bits per heavy atom. The number of carboxylic acid groups (broad SMARTS) is 1. The molecule has 0 aromatic heterocycles. The summed E-state index contributed by atoms with van der Waals surface area (Å²) in [7, 11) is 0. The summed E-state index contributed by atoms with van der Waals surface area (Å²) in [6.45, 7) is 1.52. The fourth-order valence-corrected chi connectivity index (χ4v) is 1.69. The van der Waals surface area contributed by atoms with E-state index < -0.39 is 5.97 Å². The molecule has 0 aliphatic carbocycles. The standard InChI is InChI=1S/C14H14O3/c1-3-4-13(9-10(2)15)11-5-7-12(8-6-11)14(16)17/h1,5-8,13H,4,9H2,2H3,(H,16,17). The summed E-state index contributed by atoms with van der Waals surface area (Å²) in [5, 5.41) is 8.78. The Morgan fingerprint density at radius 3 is 2.35 bits per heavy atom. The monoisotopic (exact) mass is 230 g/mol. The Labute approximate surface area is 100 Å². The van der Waals surface area contributed by atoms with E-state index in [0.29, 0.717) is 12.8 Å². The van der Waals surface area contributed by atoms with Crippen LogP contribution < -0.4 is 0 Å². The molecule has 0 saturated carbocycles. The molecule has 0 spiro atoms. The highest BCUT2D eigenvalue weighted by atomic mass is 16.4. The molecule has 1 aromatic carbocycles. The fraction of sp³-hybridized carbons (Fsp3) is 0.286. The van der Waals surface area contributed by atoms with Crippen molar-refractivity contribution >= 4 is 11.8 Å². The number of hydrogen-bond donors (Lipinski definition) is 1. The summed E-state index contributed by atoms with van der Waals surface area (Å²) in [5.74, 6) is 1.63. The maximum atomic E-state index is 11.1. The first-order valence-corrected chi connectivity index (χ1v) is 5.30. The predicted octanol–water partition coefficient (Wildman–Crippen LogP) is 2.47. The van der Waals surface area contributed by atoms with Crippen LogP contribution in [0, 0.1) is 12.3 Å². The minimum atomic E-state index is -0.961. The highest BCUT2D eigenvalue weighted by Crippen LogP contribution is 2.23. The van der Waals surface area contributed by atoms with E-state index in [1.54, 1.807) is 12.1 Å². The van der Waals surface area contributed by atoms with Crippen LogP contribution in [0.25, 0.3) is 0 Å². The van der Waals surface area contributed by atoms with Gasteiger partial charge < -0.3 is 9.90 Å². The van der Waals surface area contributed by atoms with Crippen LogP contribution in [0.15, 0.2) is 24.3 Å². The molecule has 3 heteroatoms. The zero-order chi connectivity index (χ0) is 12.8. The lowest BCUT2D eigenvalue weighted by molar-refractivity contribution is -0.117. The van der Waals surface area contributed by atoms with Crippen molar-refractivity contribution in [2.24, 2.45) is 0 Å². The van der Waals surface area contributed by atoms with Crippen LogP contribution in [0.3, 0.4) is 0 Å². The molecule has 0 radical (unpaired) electrons. The molecule has 0 amide bonds. The minimum Gasteiger partial charge on any atom is -0.478 e. The van der Waals surface area contributed by atoms with Crippen LogP contribution in [-0.4, -0.2) is 16.9 Å². The van der Waals surface area contributed by atoms with Gasteiger partial charge in [-0.3, -0.25) is 0 Å². The average molecular weight is 230 g/mol. The molecule has 0 aliphatic rings. The molecule has 1 N–H and O–H groups in total. The Bertz CT molecular complexity index is 451. The van der Waals surface area contributed by atoms with E-state index in [0.717, 1.165) is 5.56 Å². The highest BCUT2D eigenvalue weighted by Gasteiger charge is 2.13. The number of carbonyl (C=O) groups excluding carboxylic acids is 1. The van der Waals surface area contributed by atoms with E-state index in [4.69, 9.17) is 11.5 Å². The van der Waals surface area contributed by atoms with Crippen molar-refractivity contribution in [2.75, 3.05) is 0 Å². The number of Topliss-reactive ketones (excluding diaryl/α,β-unsaturated/α-hetero) is 1. The van der Waals surface area contributed by atoms with Crippen molar-refractivity contribution < 1.29 is 14.7 Å². The van der Waals surface area contributed by atoms with Crippen molar-refractivity contribution in [1.82, 2.24) is 0 Å². The largest absolute Gasteiger partial charge is 0.478 e. The van der Waals surface area contributed by atoms with Crippen LogP contribution in [0.5, 0.6) is 0 Å². The van der Waals surface area contributed by atoms with Crippen molar-refractivity contribution in [3.63, 3.8) is 0 Å². The number of carboxylic acids is 1. The normalized spacial score (nSPS) is 11.5. The maximum absolute atomic E-state index is 11.1. The SMILES string of the molecule is C#CCC(CC(C)=O)c1ccc(C(=O)O)cc1. The number of aromatic carboxylic acids is 1. The minimum absolute atomic E-state index is 0.0275. The maximum Gasteiger partial charge on any atom is 0.335 e. The predicted molar refractivity (Wildman–Crippen MR) is 64.9 cm³/mol. The first-order valence-electron chi connectivity index (χ1n) is 5.30. The van der Waals surface area contributed by atoms with E-state index in [1.807, 2.05) is 0 Å². The van der Waals surface area contributed by atoms with Gasteiger partial charge >= 0.3 is 5.97 Å². The molecule has 0 heterocycles. The van der Waals surface area contributed by atoms with E-state index >= 15 is 0 Å². The van der Waals surface area contributed by atoms with Gasteiger partial charge in [0, 0.05) is 18.8 Å². The van der Waals surface area contributed by atoms with Gasteiger partial charge in [-0.05, 0) is 24.6 Å². The Balaban J connectivity index is 2.91. The molecule has 0 bridgehead atoms. The van der Waals surface area contributed by atoms with Crippen molar-refractivity contribution in [2.45, 2.75) is 25.7 Å². The second-order valence-corrected chi connectivity index (χ2v) is 3.94. The zero-order valence-corrected chi connectivity index (χ0v) is 9.64. The van der Waals surface area contributed by atoms with Gasteiger partial charge in [-0.15, -0.1) is 12.3 Å². The highest BCUT2D eigenvalue weighted by molar-refractivity contribution is 5.87. The van der Waals surface area contributed by atoms with Gasteiger partial charge in [-0.2, -0.15) is 0 Å². The molecule has 3 nitrogen and oxygen atoms in total. The number of hydrogen-bond acceptors (Lipinski definition) is 2. The first-order chi connectivity index (χ1) is 8.04. The van der Waals surface area contributed by atoms with Crippen LogP contribution >= 0.6 is 0 Å². The van der Waals surface area contributed by atoms with E-state index in [2.05, 4.69) is 5.92 Å². The summed E-state index contributed by atoms with van der Waals surface area (Å²) >= 11 is 0. The molecule has 1 rings (SSSR count). The molecule has 0 aliphatic heterocycles. The third kappa shape index (κ3) is 3.76. The van der Waals surface area contributed by atoms with Crippen LogP contribution in [0.4, 0.5) is 0 Å². The van der Waals surface area contributed by atoms with Gasteiger partial charge in [0.05, 0.1) is 5.56 Å². The van der Waals surface area contributed by atoms with E-state index in [-0.39, 0.29) is 17.3 Å². The molecule has 1 atom stereocenters. The van der Waals surface area contributed by atoms with Gasteiger partial charge in [0.2, 0.25) is 0 Å². The van der Waals surface area contributed by atoms with Crippen LogP contribution in [-0.2, 0) is 4.79 Å². The topological polar surface area (TPSA) is 54.4 Å². The molecule has 88 valence electrons. The lowest BCUT2D eigenvalue weighted by Gasteiger charge is -2.13. The molecule has 1 aromatic rings. The van der Waals surface area contributed by atoms with Crippen molar-refractivity contribution in [3.05, 3.63) is 35.4 Å². The third-order valence-electron chi connectivity index (χ3n) is 2.53. The molecular weight excluding hydrogens is 216 g/mol. The first kappa shape index (κ1) is 13.0. The summed E-state index contributed by atoms with van der Waals surface area (Å²) in [5.41, 5.74) is 1.14. The molecule has 0 saturated heterocycles. The van der Waals surface area contributed by atoms with E-state index in [9.17, 15) is 9.59 Å². The quantitative estimate of drug-likeness (QED) is 0.790. The molecule has 17 heavy (non-hydrogen) atoms. The van der Waals surface area contributed by atoms with Gasteiger partial charge in [0.25, 0.3) is 0 Å². The summed E-state index contributed by atoms with van der Waals surface area (Å²) in [6.07, 6.45) is 6.13. The lowest BCUT2D eigenvalue weighted by atomic mass is 9.91. The van der Waals surface area contributed by atoms with Crippen molar-refractivity contribution in [3.8, 4) is 12.3 Å². The van der Waals surface area contributed by atoms with Crippen LogP contribution in [0.2, 0.25) is 0 Å². The van der Waals surface area contributed by atoms with E-state index in [1.165, 1.54) is 19.1 Å². The number of rotatable bonds is 5. The van der Waals surface area contributed by atoms with Gasteiger partial charge in [0.1, 0.15) is 5.78 Å². The third-order valence-corrected chi connectivity index (χ3v) is 2.53. The number of benzene rings is 1. The number of terminal acetylenes is 1. The van der Waals surface area contributed by atoms with Gasteiger partial charge in [-0.1, -0.05) is 12.1 Å². The zero-order valence-electron chi connectivity index (χ0n) is 9.64. The second-order valence-electron chi connectivity index (χ2n) is 3.94. The molecular formula is C14H14O3. The summed E-state index contributed by atoms with van der Waals surface area (Å²) in [4.78, 5) is 21.8. The lowest BCUT2D eigenvalue weighted by Crippen LogP contribution is -2.04. The number of ketones is 1. The van der Waals surface area contributed by atoms with Gasteiger partial charge in [0.15, 0.2) is 0 Å². The second kappa shape index (κ2) is 5.86. The fourth-order valence-electron chi connectivity index (χ4n) is 1.69. The summed E-state index contributed by atoms with van der Waals surface area (Å²) in [6, 6.07) is 6.49. The Hall–Kier alpha value is -2.08. The average Bonchev–Trinajstić information content (AvgIpc) is 2.28.